The monoisotopic (exact) mass is 325 g/mol. The molecule has 9 nitrogen and oxygen atoms in total. The molecule has 2 heterocycles. The molecule has 0 spiro atoms. The van der Waals surface area contributed by atoms with Gasteiger partial charge in [0.1, 0.15) is 11.5 Å². The Balaban J connectivity index is 2.25. The fourth-order valence-electron chi connectivity index (χ4n) is 2.24. The van der Waals surface area contributed by atoms with Gasteiger partial charge in [-0.2, -0.15) is 0 Å². The summed E-state index contributed by atoms with van der Waals surface area (Å²) in [6.07, 6.45) is 4.48. The van der Waals surface area contributed by atoms with Crippen molar-refractivity contribution in [3.8, 4) is 17.2 Å². The fraction of sp³-hybridized carbons (Fsp3) is 0.0667. The minimum absolute atomic E-state index is 0.150. The molecule has 0 unspecified atom stereocenters. The summed E-state index contributed by atoms with van der Waals surface area (Å²) in [5.74, 6) is -1.67. The number of aromatic nitrogens is 5. The molecule has 0 saturated carbocycles. The third-order valence-corrected chi connectivity index (χ3v) is 3.29. The highest BCUT2D eigenvalue weighted by atomic mass is 16.4. The van der Waals surface area contributed by atoms with Crippen LogP contribution in [0.5, 0.6) is 0 Å². The lowest BCUT2D eigenvalue weighted by molar-refractivity contribution is 0.0696. The molecule has 0 radical (unpaired) electrons. The molecule has 24 heavy (non-hydrogen) atoms. The van der Waals surface area contributed by atoms with Gasteiger partial charge in [0.05, 0.1) is 23.0 Å². The van der Waals surface area contributed by atoms with Gasteiger partial charge in [0.15, 0.2) is 5.82 Å². The van der Waals surface area contributed by atoms with Crippen molar-refractivity contribution < 1.29 is 19.8 Å². The van der Waals surface area contributed by atoms with E-state index in [4.69, 9.17) is 0 Å². The van der Waals surface area contributed by atoms with E-state index < -0.39 is 11.9 Å². The summed E-state index contributed by atoms with van der Waals surface area (Å²) in [5, 5.41) is 26.4. The Morgan fingerprint density at radius 2 is 1.67 bits per heavy atom. The van der Waals surface area contributed by atoms with Crippen LogP contribution >= 0.6 is 0 Å². The number of carboxylic acid groups (broad SMARTS) is 2. The average molecular weight is 325 g/mol. The first-order valence-corrected chi connectivity index (χ1v) is 6.78. The third kappa shape index (κ3) is 2.70. The van der Waals surface area contributed by atoms with Crippen molar-refractivity contribution in [1.29, 1.82) is 0 Å². The summed E-state index contributed by atoms with van der Waals surface area (Å²) in [4.78, 5) is 30.7. The topological polar surface area (TPSA) is 131 Å². The van der Waals surface area contributed by atoms with E-state index in [0.717, 1.165) is 6.07 Å². The maximum Gasteiger partial charge on any atom is 0.335 e. The Kier molecular flexibility index (Phi) is 3.74. The Morgan fingerprint density at radius 1 is 1.00 bits per heavy atom. The zero-order chi connectivity index (χ0) is 17.3. The number of carbonyl (C=O) groups is 2. The van der Waals surface area contributed by atoms with Gasteiger partial charge < -0.3 is 10.2 Å². The quantitative estimate of drug-likeness (QED) is 0.736. The van der Waals surface area contributed by atoms with Crippen molar-refractivity contribution in [3.63, 3.8) is 0 Å². The Bertz CT molecular complexity index is 904. The van der Waals surface area contributed by atoms with Crippen LogP contribution in [-0.4, -0.2) is 46.9 Å². The lowest BCUT2D eigenvalue weighted by Gasteiger charge is -2.10. The van der Waals surface area contributed by atoms with Crippen LogP contribution in [0.25, 0.3) is 17.2 Å². The summed E-state index contributed by atoms with van der Waals surface area (Å²) >= 11 is 0. The second-order valence-electron chi connectivity index (χ2n) is 4.88. The zero-order valence-electron chi connectivity index (χ0n) is 12.4. The molecule has 2 N–H and O–H groups in total. The first-order valence-electron chi connectivity index (χ1n) is 6.78. The van der Waals surface area contributed by atoms with Crippen LogP contribution in [0.15, 0.2) is 36.8 Å². The Morgan fingerprint density at radius 3 is 2.21 bits per heavy atom. The minimum Gasteiger partial charge on any atom is -0.478 e. The van der Waals surface area contributed by atoms with Crippen LogP contribution in [0, 0.1) is 6.92 Å². The highest BCUT2D eigenvalue weighted by Crippen LogP contribution is 2.22. The lowest BCUT2D eigenvalue weighted by Crippen LogP contribution is -2.08. The molecule has 0 bridgehead atoms. The molecule has 0 amide bonds. The molecule has 0 aliphatic rings. The number of carboxylic acids is 2. The highest BCUT2D eigenvalue weighted by molar-refractivity contribution is 5.94. The van der Waals surface area contributed by atoms with Crippen molar-refractivity contribution in [1.82, 2.24) is 24.7 Å². The fourth-order valence-corrected chi connectivity index (χ4v) is 2.24. The summed E-state index contributed by atoms with van der Waals surface area (Å²) in [5.41, 5.74) is 0.442. The van der Waals surface area contributed by atoms with E-state index in [2.05, 4.69) is 20.2 Å². The van der Waals surface area contributed by atoms with Gasteiger partial charge in [0, 0.05) is 12.4 Å². The molecule has 0 atom stereocenters. The number of rotatable bonds is 4. The average Bonchev–Trinajstić information content (AvgIpc) is 2.96. The smallest absolute Gasteiger partial charge is 0.335 e. The number of hydrogen-bond donors (Lipinski definition) is 2. The molecule has 120 valence electrons. The van der Waals surface area contributed by atoms with Crippen LogP contribution in [0.4, 0.5) is 0 Å². The van der Waals surface area contributed by atoms with E-state index in [0.29, 0.717) is 23.0 Å². The largest absolute Gasteiger partial charge is 0.478 e. The van der Waals surface area contributed by atoms with Crippen molar-refractivity contribution in [2.24, 2.45) is 0 Å². The van der Waals surface area contributed by atoms with Crippen LogP contribution < -0.4 is 0 Å². The summed E-state index contributed by atoms with van der Waals surface area (Å²) in [6, 6.07) is 3.80. The molecule has 2 aromatic heterocycles. The normalized spacial score (nSPS) is 10.5. The van der Waals surface area contributed by atoms with Gasteiger partial charge in [-0.05, 0) is 25.1 Å². The van der Waals surface area contributed by atoms with Gasteiger partial charge in [-0.3, -0.25) is 9.55 Å². The minimum atomic E-state index is -1.23. The van der Waals surface area contributed by atoms with E-state index in [9.17, 15) is 19.8 Å². The van der Waals surface area contributed by atoms with Crippen molar-refractivity contribution >= 4 is 11.9 Å². The SMILES string of the molecule is Cc1nnc(-c2cnccn2)n1-c1cc(C(=O)O)cc(C(=O)O)c1. The second-order valence-corrected chi connectivity index (χ2v) is 4.88. The van der Waals surface area contributed by atoms with Crippen LogP contribution in [-0.2, 0) is 0 Å². The van der Waals surface area contributed by atoms with Gasteiger partial charge in [0.25, 0.3) is 0 Å². The molecule has 0 aliphatic heterocycles. The summed E-state index contributed by atoms with van der Waals surface area (Å²) in [7, 11) is 0. The van der Waals surface area contributed by atoms with E-state index >= 15 is 0 Å². The number of nitrogens with zero attached hydrogens (tertiary/aromatic N) is 5. The van der Waals surface area contributed by atoms with E-state index in [1.165, 1.54) is 35.3 Å². The lowest BCUT2D eigenvalue weighted by atomic mass is 10.1. The number of hydrogen-bond acceptors (Lipinski definition) is 6. The first kappa shape index (κ1) is 15.3. The molecule has 3 rings (SSSR count). The number of aryl methyl sites for hydroxylation is 1. The predicted molar refractivity (Wildman–Crippen MR) is 81.0 cm³/mol. The van der Waals surface area contributed by atoms with Crippen LogP contribution in [0.3, 0.4) is 0 Å². The maximum atomic E-state index is 11.3. The summed E-state index contributed by atoms with van der Waals surface area (Å²) < 4.78 is 1.53. The first-order chi connectivity index (χ1) is 11.5. The maximum absolute atomic E-state index is 11.3. The number of benzene rings is 1. The summed E-state index contributed by atoms with van der Waals surface area (Å²) in [6.45, 7) is 1.67. The molecule has 0 aliphatic carbocycles. The highest BCUT2D eigenvalue weighted by Gasteiger charge is 2.18. The van der Waals surface area contributed by atoms with Crippen molar-refractivity contribution in [2.75, 3.05) is 0 Å². The third-order valence-electron chi connectivity index (χ3n) is 3.29. The molecule has 0 saturated heterocycles. The Hall–Kier alpha value is -3.62. The van der Waals surface area contributed by atoms with Crippen LogP contribution in [0.1, 0.15) is 26.5 Å². The van der Waals surface area contributed by atoms with Crippen molar-refractivity contribution in [3.05, 3.63) is 53.7 Å². The Labute approximate surface area is 135 Å². The predicted octanol–water partition coefficient (Wildman–Crippen LogP) is 1.43. The van der Waals surface area contributed by atoms with Crippen molar-refractivity contribution in [2.45, 2.75) is 6.92 Å². The van der Waals surface area contributed by atoms with Gasteiger partial charge in [-0.15, -0.1) is 10.2 Å². The number of aromatic carboxylic acids is 2. The van der Waals surface area contributed by atoms with Gasteiger partial charge in [-0.25, -0.2) is 14.6 Å². The molecule has 0 fully saturated rings. The standard InChI is InChI=1S/C15H11N5O4/c1-8-18-19-13(12-7-16-2-3-17-12)20(8)11-5-9(14(21)22)4-10(6-11)15(23)24/h2-7H,1H3,(H,21,22)(H,23,24). The molecular formula is C15H11N5O4. The molecular weight excluding hydrogens is 314 g/mol. The van der Waals surface area contributed by atoms with E-state index in [1.54, 1.807) is 6.92 Å². The van der Waals surface area contributed by atoms with E-state index in [-0.39, 0.29) is 11.1 Å². The molecule has 1 aromatic carbocycles. The zero-order valence-corrected chi connectivity index (χ0v) is 12.4. The second kappa shape index (κ2) is 5.88. The molecule has 3 aromatic rings. The van der Waals surface area contributed by atoms with Gasteiger partial charge >= 0.3 is 11.9 Å². The van der Waals surface area contributed by atoms with Crippen LogP contribution in [0.2, 0.25) is 0 Å². The van der Waals surface area contributed by atoms with Gasteiger partial charge in [0.2, 0.25) is 0 Å². The van der Waals surface area contributed by atoms with Gasteiger partial charge in [-0.1, -0.05) is 0 Å². The van der Waals surface area contributed by atoms with E-state index in [1.807, 2.05) is 0 Å². The molecule has 9 heteroatoms.